The highest BCUT2D eigenvalue weighted by Gasteiger charge is 2.27. The summed E-state index contributed by atoms with van der Waals surface area (Å²) in [5.74, 6) is -1.33. The van der Waals surface area contributed by atoms with Gasteiger partial charge in [-0.3, -0.25) is 4.72 Å². The summed E-state index contributed by atoms with van der Waals surface area (Å²) in [6, 6.07) is 2.56. The van der Waals surface area contributed by atoms with Crippen molar-refractivity contribution in [3.8, 4) is 0 Å². The maximum Gasteiger partial charge on any atom is 0.301 e. The topological polar surface area (TPSA) is 75.4 Å². The van der Waals surface area contributed by atoms with E-state index in [-0.39, 0.29) is 5.69 Å². The lowest BCUT2D eigenvalue weighted by atomic mass is 9.99. The molecule has 112 valence electrons. The second-order valence-corrected chi connectivity index (χ2v) is 6.51. The van der Waals surface area contributed by atoms with E-state index < -0.39 is 21.8 Å². The smallest absolute Gasteiger partial charge is 0.301 e. The van der Waals surface area contributed by atoms with Gasteiger partial charge < -0.3 is 5.73 Å². The summed E-state index contributed by atoms with van der Waals surface area (Å²) >= 11 is 0. The molecule has 2 rings (SSSR count). The van der Waals surface area contributed by atoms with Crippen LogP contribution in [0.1, 0.15) is 12.8 Å². The van der Waals surface area contributed by atoms with Crippen molar-refractivity contribution in [2.45, 2.75) is 12.8 Å². The monoisotopic (exact) mass is 305 g/mol. The molecule has 1 heterocycles. The van der Waals surface area contributed by atoms with Crippen molar-refractivity contribution in [2.24, 2.45) is 11.7 Å². The molecule has 1 aromatic rings. The van der Waals surface area contributed by atoms with Crippen molar-refractivity contribution in [2.75, 3.05) is 24.4 Å². The Labute approximate surface area is 116 Å². The summed E-state index contributed by atoms with van der Waals surface area (Å²) < 4.78 is 53.8. The van der Waals surface area contributed by atoms with Gasteiger partial charge in [-0.05, 0) is 37.4 Å². The third-order valence-corrected chi connectivity index (χ3v) is 4.89. The molecule has 1 fully saturated rings. The Morgan fingerprint density at radius 1 is 1.20 bits per heavy atom. The molecule has 3 N–H and O–H groups in total. The Morgan fingerprint density at radius 2 is 1.75 bits per heavy atom. The van der Waals surface area contributed by atoms with Crippen molar-refractivity contribution >= 4 is 15.9 Å². The fraction of sp³-hybridized carbons (Fsp3) is 0.500. The van der Waals surface area contributed by atoms with E-state index >= 15 is 0 Å². The first-order valence-corrected chi connectivity index (χ1v) is 7.79. The first kappa shape index (κ1) is 15.1. The fourth-order valence-corrected chi connectivity index (χ4v) is 3.45. The van der Waals surface area contributed by atoms with Crippen LogP contribution in [0.4, 0.5) is 14.5 Å². The first-order chi connectivity index (χ1) is 9.40. The molecule has 0 spiro atoms. The van der Waals surface area contributed by atoms with Crippen LogP contribution in [0, 0.1) is 17.6 Å². The number of nitrogens with one attached hydrogen (secondary N) is 1. The first-order valence-electron chi connectivity index (χ1n) is 6.35. The number of hydrogen-bond donors (Lipinski definition) is 2. The summed E-state index contributed by atoms with van der Waals surface area (Å²) in [4.78, 5) is 0. The van der Waals surface area contributed by atoms with Gasteiger partial charge in [0.05, 0.1) is 5.69 Å². The Morgan fingerprint density at radius 3 is 2.25 bits per heavy atom. The van der Waals surface area contributed by atoms with Crippen LogP contribution in [0.3, 0.4) is 0 Å². The Hall–Kier alpha value is -1.25. The van der Waals surface area contributed by atoms with Crippen LogP contribution in [-0.2, 0) is 10.2 Å². The molecule has 0 atom stereocenters. The predicted octanol–water partition coefficient (Wildman–Crippen LogP) is 1.29. The van der Waals surface area contributed by atoms with Crippen molar-refractivity contribution in [3.63, 3.8) is 0 Å². The van der Waals surface area contributed by atoms with E-state index in [2.05, 4.69) is 4.72 Å². The molecule has 8 heteroatoms. The summed E-state index contributed by atoms with van der Waals surface area (Å²) in [5, 5.41) is 0. The Bertz CT molecular complexity index is 552. The molecule has 0 radical (unpaired) electrons. The minimum absolute atomic E-state index is 0.122. The second-order valence-electron chi connectivity index (χ2n) is 4.84. The second kappa shape index (κ2) is 6.02. The molecule has 1 saturated heterocycles. The van der Waals surface area contributed by atoms with Gasteiger partial charge in [-0.15, -0.1) is 0 Å². The van der Waals surface area contributed by atoms with E-state index in [0.29, 0.717) is 44.5 Å². The van der Waals surface area contributed by atoms with E-state index in [9.17, 15) is 17.2 Å². The zero-order chi connectivity index (χ0) is 14.8. The highest BCUT2D eigenvalue weighted by Crippen LogP contribution is 2.21. The number of nitrogens with two attached hydrogens (primary N) is 1. The van der Waals surface area contributed by atoms with Gasteiger partial charge in [-0.2, -0.15) is 12.7 Å². The fourth-order valence-electron chi connectivity index (χ4n) is 2.21. The quantitative estimate of drug-likeness (QED) is 0.880. The van der Waals surface area contributed by atoms with E-state index in [0.717, 1.165) is 12.1 Å². The van der Waals surface area contributed by atoms with Crippen molar-refractivity contribution < 1.29 is 17.2 Å². The van der Waals surface area contributed by atoms with Crippen LogP contribution in [0.2, 0.25) is 0 Å². The van der Waals surface area contributed by atoms with Gasteiger partial charge in [0.1, 0.15) is 11.6 Å². The predicted molar refractivity (Wildman–Crippen MR) is 72.3 cm³/mol. The van der Waals surface area contributed by atoms with Gasteiger partial charge in [-0.25, -0.2) is 8.78 Å². The summed E-state index contributed by atoms with van der Waals surface area (Å²) in [7, 11) is -3.79. The summed E-state index contributed by atoms with van der Waals surface area (Å²) in [6.07, 6.45) is 1.38. The van der Waals surface area contributed by atoms with Gasteiger partial charge >= 0.3 is 10.2 Å². The van der Waals surface area contributed by atoms with Crippen molar-refractivity contribution in [1.82, 2.24) is 4.31 Å². The van der Waals surface area contributed by atoms with E-state index in [1.165, 1.54) is 4.31 Å². The molecule has 0 unspecified atom stereocenters. The minimum atomic E-state index is -3.79. The highest BCUT2D eigenvalue weighted by atomic mass is 32.2. The average Bonchev–Trinajstić information content (AvgIpc) is 2.37. The van der Waals surface area contributed by atoms with Gasteiger partial charge in [0, 0.05) is 19.2 Å². The molecule has 0 bridgehead atoms. The molecule has 0 saturated carbocycles. The minimum Gasteiger partial charge on any atom is -0.330 e. The third kappa shape index (κ3) is 3.65. The van der Waals surface area contributed by atoms with Gasteiger partial charge in [0.2, 0.25) is 0 Å². The summed E-state index contributed by atoms with van der Waals surface area (Å²) in [5.41, 5.74) is 5.43. The maximum atomic E-state index is 13.0. The Kier molecular flexibility index (Phi) is 4.56. The normalized spacial score (nSPS) is 18.1. The van der Waals surface area contributed by atoms with Crippen LogP contribution in [-0.4, -0.2) is 32.4 Å². The zero-order valence-electron chi connectivity index (χ0n) is 10.9. The van der Waals surface area contributed by atoms with Gasteiger partial charge in [0.15, 0.2) is 0 Å². The number of anilines is 1. The lowest BCUT2D eigenvalue weighted by Gasteiger charge is -2.30. The maximum absolute atomic E-state index is 13.0. The lowest BCUT2D eigenvalue weighted by Crippen LogP contribution is -2.42. The van der Waals surface area contributed by atoms with E-state index in [4.69, 9.17) is 5.73 Å². The van der Waals surface area contributed by atoms with Crippen LogP contribution < -0.4 is 10.5 Å². The number of benzene rings is 1. The van der Waals surface area contributed by atoms with E-state index in [1.54, 1.807) is 0 Å². The van der Waals surface area contributed by atoms with Gasteiger partial charge in [-0.1, -0.05) is 0 Å². The average molecular weight is 305 g/mol. The summed E-state index contributed by atoms with van der Waals surface area (Å²) in [6.45, 7) is 1.25. The molecule has 20 heavy (non-hydrogen) atoms. The third-order valence-electron chi connectivity index (χ3n) is 3.36. The number of hydrogen-bond acceptors (Lipinski definition) is 3. The van der Waals surface area contributed by atoms with Crippen LogP contribution in [0.15, 0.2) is 18.2 Å². The molecular weight excluding hydrogens is 288 g/mol. The molecule has 1 aliphatic rings. The largest absolute Gasteiger partial charge is 0.330 e. The van der Waals surface area contributed by atoms with Crippen LogP contribution in [0.25, 0.3) is 0 Å². The molecule has 0 amide bonds. The lowest BCUT2D eigenvalue weighted by molar-refractivity contribution is 0.280. The number of halogens is 2. The number of piperidine rings is 1. The standard InChI is InChI=1S/C12H17F2N3O2S/c13-10-5-11(14)7-12(6-10)16-20(18,19)17-3-1-9(8-15)2-4-17/h5-7,9,16H,1-4,8,15H2. The molecule has 1 aromatic carbocycles. The molecule has 0 aliphatic carbocycles. The van der Waals surface area contributed by atoms with Crippen LogP contribution in [0.5, 0.6) is 0 Å². The number of rotatable bonds is 4. The SMILES string of the molecule is NCC1CCN(S(=O)(=O)Nc2cc(F)cc(F)c2)CC1. The van der Waals surface area contributed by atoms with Crippen molar-refractivity contribution in [1.29, 1.82) is 0 Å². The molecule has 5 nitrogen and oxygen atoms in total. The van der Waals surface area contributed by atoms with Gasteiger partial charge in [0.25, 0.3) is 0 Å². The van der Waals surface area contributed by atoms with E-state index in [1.807, 2.05) is 0 Å². The van der Waals surface area contributed by atoms with Crippen LogP contribution >= 0.6 is 0 Å². The molecule has 1 aliphatic heterocycles. The highest BCUT2D eigenvalue weighted by molar-refractivity contribution is 7.90. The van der Waals surface area contributed by atoms with Crippen molar-refractivity contribution in [3.05, 3.63) is 29.8 Å². The molecular formula is C12H17F2N3O2S. The Balaban J connectivity index is 2.07. The molecule has 0 aromatic heterocycles. The number of nitrogens with zero attached hydrogens (tertiary/aromatic N) is 1. The zero-order valence-corrected chi connectivity index (χ0v) is 11.7.